The van der Waals surface area contributed by atoms with Gasteiger partial charge in [0.2, 0.25) is 16.0 Å². The third kappa shape index (κ3) is 4.29. The number of anilines is 2. The first-order valence-electron chi connectivity index (χ1n) is 9.73. The molecule has 10 heteroatoms. The molecule has 1 aliphatic carbocycles. The Balaban J connectivity index is 1.81. The van der Waals surface area contributed by atoms with Crippen molar-refractivity contribution in [2.45, 2.75) is 32.1 Å². The largest absolute Gasteiger partial charge is 0.357 e. The topological polar surface area (TPSA) is 96.9 Å². The van der Waals surface area contributed by atoms with Crippen molar-refractivity contribution < 1.29 is 12.8 Å². The van der Waals surface area contributed by atoms with Crippen LogP contribution in [-0.4, -0.2) is 36.2 Å². The van der Waals surface area contributed by atoms with E-state index in [0.717, 1.165) is 22.7 Å². The van der Waals surface area contributed by atoms with Crippen molar-refractivity contribution >= 4 is 33.0 Å². The highest BCUT2D eigenvalue weighted by Crippen LogP contribution is 2.47. The molecule has 7 nitrogen and oxygen atoms in total. The maximum atomic E-state index is 15.4. The van der Waals surface area contributed by atoms with Crippen LogP contribution < -0.4 is 10.0 Å². The molecule has 1 aromatic carbocycles. The number of hydrogen-bond acceptors (Lipinski definition) is 7. The molecule has 2 N–H and O–H groups in total. The van der Waals surface area contributed by atoms with E-state index in [1.165, 1.54) is 17.4 Å². The van der Waals surface area contributed by atoms with Crippen molar-refractivity contribution in [1.82, 2.24) is 15.0 Å². The first-order valence-corrected chi connectivity index (χ1v) is 12.2. The molecule has 1 fully saturated rings. The van der Waals surface area contributed by atoms with Crippen LogP contribution in [0.1, 0.15) is 37.1 Å². The lowest BCUT2D eigenvalue weighted by atomic mass is 10.1. The fraction of sp³-hybridized carbons (Fsp3) is 0.350. The van der Waals surface area contributed by atoms with Crippen LogP contribution in [0.15, 0.2) is 30.5 Å². The summed E-state index contributed by atoms with van der Waals surface area (Å²) in [5.74, 6) is 0.135. The van der Waals surface area contributed by atoms with Gasteiger partial charge >= 0.3 is 0 Å². The van der Waals surface area contributed by atoms with E-state index in [0.29, 0.717) is 29.7 Å². The third-order valence-electron chi connectivity index (χ3n) is 4.67. The highest BCUT2D eigenvalue weighted by molar-refractivity contribution is 7.92. The van der Waals surface area contributed by atoms with E-state index in [4.69, 9.17) is 4.98 Å². The molecule has 30 heavy (non-hydrogen) atoms. The summed E-state index contributed by atoms with van der Waals surface area (Å²) in [7, 11) is -1.88. The fourth-order valence-corrected chi connectivity index (χ4v) is 5.44. The van der Waals surface area contributed by atoms with Gasteiger partial charge in [0.15, 0.2) is 5.82 Å². The van der Waals surface area contributed by atoms with E-state index >= 15 is 4.39 Å². The fourth-order valence-electron chi connectivity index (χ4n) is 3.08. The number of nitrogens with one attached hydrogen (secondary N) is 2. The van der Waals surface area contributed by atoms with E-state index in [9.17, 15) is 8.42 Å². The van der Waals surface area contributed by atoms with Crippen LogP contribution in [-0.2, 0) is 10.0 Å². The Labute approximate surface area is 178 Å². The van der Waals surface area contributed by atoms with Crippen LogP contribution >= 0.6 is 11.3 Å². The van der Waals surface area contributed by atoms with Gasteiger partial charge < -0.3 is 5.32 Å². The molecule has 0 amide bonds. The van der Waals surface area contributed by atoms with Gasteiger partial charge in [0.25, 0.3) is 0 Å². The van der Waals surface area contributed by atoms with E-state index in [1.807, 2.05) is 0 Å². The minimum Gasteiger partial charge on any atom is -0.357 e. The molecule has 1 aliphatic rings. The third-order valence-corrected chi connectivity index (χ3v) is 7.39. The Morgan fingerprint density at radius 3 is 2.73 bits per heavy atom. The van der Waals surface area contributed by atoms with Crippen molar-refractivity contribution in [3.8, 4) is 21.8 Å². The lowest BCUT2D eigenvalue weighted by molar-refractivity contribution is 0.597. The summed E-state index contributed by atoms with van der Waals surface area (Å²) < 4.78 is 42.0. The number of sulfonamides is 1. The Morgan fingerprint density at radius 1 is 1.23 bits per heavy atom. The van der Waals surface area contributed by atoms with Gasteiger partial charge in [-0.3, -0.25) is 4.72 Å². The van der Waals surface area contributed by atoms with Crippen molar-refractivity contribution in [3.05, 3.63) is 41.3 Å². The standard InChI is InChI=1S/C20H22FN5O2S2/c1-3-11-30(27,28)26-14-6-4-5-13(16(14)21)17-18(29-19(25-17)12-7-8-12)15-9-10-23-20(22-2)24-15/h4-6,9-10,12,26H,3,7-8,11H2,1-2H3,(H,22,23,24). The lowest BCUT2D eigenvalue weighted by Crippen LogP contribution is -2.17. The zero-order valence-electron chi connectivity index (χ0n) is 16.6. The van der Waals surface area contributed by atoms with Crippen molar-refractivity contribution in [1.29, 1.82) is 0 Å². The summed E-state index contributed by atoms with van der Waals surface area (Å²) in [4.78, 5) is 14.1. The number of hydrogen-bond donors (Lipinski definition) is 2. The van der Waals surface area contributed by atoms with Crippen LogP contribution in [0.2, 0.25) is 0 Å². The van der Waals surface area contributed by atoms with E-state index in [2.05, 4.69) is 20.0 Å². The van der Waals surface area contributed by atoms with E-state index in [-0.39, 0.29) is 17.0 Å². The van der Waals surface area contributed by atoms with Crippen LogP contribution in [0.25, 0.3) is 21.8 Å². The van der Waals surface area contributed by atoms with Crippen LogP contribution in [0.5, 0.6) is 0 Å². The Kier molecular flexibility index (Phi) is 5.70. The molecule has 2 heterocycles. The summed E-state index contributed by atoms with van der Waals surface area (Å²) in [5.41, 5.74) is 1.28. The number of halogens is 1. The number of aromatic nitrogens is 3. The molecular formula is C20H22FN5O2S2. The zero-order chi connectivity index (χ0) is 21.3. The quantitative estimate of drug-likeness (QED) is 0.529. The average molecular weight is 448 g/mol. The number of rotatable bonds is 8. The summed E-state index contributed by atoms with van der Waals surface area (Å²) >= 11 is 1.50. The monoisotopic (exact) mass is 447 g/mol. The van der Waals surface area contributed by atoms with Gasteiger partial charge in [-0.05, 0) is 37.5 Å². The summed E-state index contributed by atoms with van der Waals surface area (Å²) in [6.07, 6.45) is 4.22. The number of nitrogens with zero attached hydrogens (tertiary/aromatic N) is 3. The second-order valence-corrected chi connectivity index (χ2v) is 9.98. The SMILES string of the molecule is CCCS(=O)(=O)Nc1cccc(-c2nc(C3CC3)sc2-c2ccnc(NC)n2)c1F. The predicted octanol–water partition coefficient (Wildman–Crippen LogP) is 4.48. The first kappa shape index (κ1) is 20.7. The Bertz CT molecular complexity index is 1180. The molecule has 0 saturated heterocycles. The minimum absolute atomic E-state index is 0.0713. The number of thiazole rings is 1. The molecule has 158 valence electrons. The molecule has 4 rings (SSSR count). The molecule has 0 aliphatic heterocycles. The van der Waals surface area contributed by atoms with Gasteiger partial charge in [-0.2, -0.15) is 0 Å². The smallest absolute Gasteiger partial charge is 0.232 e. The summed E-state index contributed by atoms with van der Waals surface area (Å²) in [6, 6.07) is 6.42. The molecular weight excluding hydrogens is 425 g/mol. The van der Waals surface area contributed by atoms with Gasteiger partial charge in [0.05, 0.1) is 32.7 Å². The molecule has 0 bridgehead atoms. The Hall–Kier alpha value is -2.59. The zero-order valence-corrected chi connectivity index (χ0v) is 18.3. The average Bonchev–Trinajstić information content (AvgIpc) is 3.48. The van der Waals surface area contributed by atoms with Gasteiger partial charge in [-0.1, -0.05) is 13.0 Å². The maximum absolute atomic E-state index is 15.4. The van der Waals surface area contributed by atoms with Crippen LogP contribution in [0.3, 0.4) is 0 Å². The second-order valence-electron chi connectivity index (χ2n) is 7.11. The van der Waals surface area contributed by atoms with Gasteiger partial charge in [0, 0.05) is 24.7 Å². The van der Waals surface area contributed by atoms with E-state index < -0.39 is 15.8 Å². The Morgan fingerprint density at radius 2 is 2.03 bits per heavy atom. The summed E-state index contributed by atoms with van der Waals surface area (Å²) in [5, 5.41) is 3.85. The molecule has 3 aromatic rings. The minimum atomic E-state index is -3.61. The van der Waals surface area contributed by atoms with E-state index in [1.54, 1.807) is 38.4 Å². The molecule has 0 atom stereocenters. The maximum Gasteiger partial charge on any atom is 0.232 e. The molecule has 2 aromatic heterocycles. The van der Waals surface area contributed by atoms with Crippen LogP contribution in [0.4, 0.5) is 16.0 Å². The van der Waals surface area contributed by atoms with Crippen molar-refractivity contribution in [3.63, 3.8) is 0 Å². The summed E-state index contributed by atoms with van der Waals surface area (Å²) in [6.45, 7) is 1.76. The normalized spacial score (nSPS) is 14.0. The van der Waals surface area contributed by atoms with Crippen molar-refractivity contribution in [2.24, 2.45) is 0 Å². The first-order chi connectivity index (χ1) is 14.4. The second kappa shape index (κ2) is 8.27. The molecule has 0 radical (unpaired) electrons. The molecule has 0 spiro atoms. The van der Waals surface area contributed by atoms with Gasteiger partial charge in [-0.15, -0.1) is 11.3 Å². The number of benzene rings is 1. The van der Waals surface area contributed by atoms with Gasteiger partial charge in [-0.25, -0.2) is 27.8 Å². The molecule has 0 unspecified atom stereocenters. The van der Waals surface area contributed by atoms with Gasteiger partial charge in [0.1, 0.15) is 0 Å². The lowest BCUT2D eigenvalue weighted by Gasteiger charge is -2.11. The van der Waals surface area contributed by atoms with Crippen LogP contribution in [0, 0.1) is 5.82 Å². The molecule has 1 saturated carbocycles. The van der Waals surface area contributed by atoms with Crippen molar-refractivity contribution in [2.75, 3.05) is 22.8 Å². The predicted molar refractivity (Wildman–Crippen MR) is 118 cm³/mol. The highest BCUT2D eigenvalue weighted by atomic mass is 32.2. The highest BCUT2D eigenvalue weighted by Gasteiger charge is 2.30.